The SMILES string of the molecule is COc1ccc2c(c1OC)C(=O)N(NC(=O)c1cc(F)ccc1C=O)C2. The average Bonchev–Trinajstić information content (AvgIpc) is 2.96. The summed E-state index contributed by atoms with van der Waals surface area (Å²) in [5.41, 5.74) is 3.19. The second-order valence-electron chi connectivity index (χ2n) is 5.52. The lowest BCUT2D eigenvalue weighted by Gasteiger charge is -2.17. The van der Waals surface area contributed by atoms with Crippen molar-refractivity contribution in [3.05, 3.63) is 58.4 Å². The number of nitrogens with one attached hydrogen (secondary N) is 1. The second kappa shape index (κ2) is 6.83. The summed E-state index contributed by atoms with van der Waals surface area (Å²) in [5.74, 6) is -1.26. The monoisotopic (exact) mass is 358 g/mol. The molecule has 134 valence electrons. The number of rotatable bonds is 5. The first-order chi connectivity index (χ1) is 12.5. The molecule has 0 spiro atoms. The van der Waals surface area contributed by atoms with Gasteiger partial charge in [-0.05, 0) is 29.8 Å². The predicted molar refractivity (Wildman–Crippen MR) is 88.7 cm³/mol. The Bertz CT molecular complexity index is 913. The number of aldehydes is 1. The molecule has 26 heavy (non-hydrogen) atoms. The van der Waals surface area contributed by atoms with Gasteiger partial charge in [-0.25, -0.2) is 9.40 Å². The van der Waals surface area contributed by atoms with Gasteiger partial charge in [0.25, 0.3) is 11.8 Å². The maximum Gasteiger partial charge on any atom is 0.276 e. The molecule has 7 nitrogen and oxygen atoms in total. The molecule has 1 N–H and O–H groups in total. The van der Waals surface area contributed by atoms with E-state index in [1.54, 1.807) is 12.1 Å². The van der Waals surface area contributed by atoms with E-state index in [1.165, 1.54) is 20.3 Å². The lowest BCUT2D eigenvalue weighted by Crippen LogP contribution is -2.42. The Balaban J connectivity index is 1.89. The molecule has 1 heterocycles. The first-order valence-electron chi connectivity index (χ1n) is 7.61. The van der Waals surface area contributed by atoms with Crippen LogP contribution in [0.2, 0.25) is 0 Å². The predicted octanol–water partition coefficient (Wildman–Crippen LogP) is 1.96. The Morgan fingerprint density at radius 2 is 2.00 bits per heavy atom. The maximum atomic E-state index is 13.4. The third-order valence-corrected chi connectivity index (χ3v) is 4.04. The van der Waals surface area contributed by atoms with Crippen molar-refractivity contribution in [1.29, 1.82) is 0 Å². The number of carbonyl (C=O) groups is 3. The molecule has 2 aromatic rings. The zero-order valence-electron chi connectivity index (χ0n) is 14.0. The minimum atomic E-state index is -0.765. The Kier molecular flexibility index (Phi) is 4.57. The van der Waals surface area contributed by atoms with Gasteiger partial charge in [-0.2, -0.15) is 0 Å². The largest absolute Gasteiger partial charge is 0.493 e. The molecule has 0 saturated carbocycles. The molecule has 8 heteroatoms. The van der Waals surface area contributed by atoms with Crippen LogP contribution in [-0.2, 0) is 6.54 Å². The van der Waals surface area contributed by atoms with Crippen molar-refractivity contribution >= 4 is 18.1 Å². The maximum absolute atomic E-state index is 13.4. The molecule has 0 aromatic heterocycles. The van der Waals surface area contributed by atoms with E-state index in [4.69, 9.17) is 9.47 Å². The number of benzene rings is 2. The molecular formula is C18H15FN2O5. The third kappa shape index (κ3) is 2.85. The minimum Gasteiger partial charge on any atom is -0.493 e. The van der Waals surface area contributed by atoms with E-state index in [9.17, 15) is 18.8 Å². The fraction of sp³-hybridized carbons (Fsp3) is 0.167. The number of hydrogen-bond donors (Lipinski definition) is 1. The molecule has 0 fully saturated rings. The van der Waals surface area contributed by atoms with Gasteiger partial charge in [-0.3, -0.25) is 19.8 Å². The topological polar surface area (TPSA) is 84.9 Å². The van der Waals surface area contributed by atoms with Crippen LogP contribution in [0.4, 0.5) is 4.39 Å². The van der Waals surface area contributed by atoms with E-state index in [-0.39, 0.29) is 29.0 Å². The first-order valence-corrected chi connectivity index (χ1v) is 7.61. The first kappa shape index (κ1) is 17.4. The summed E-state index contributed by atoms with van der Waals surface area (Å²) < 4.78 is 23.9. The van der Waals surface area contributed by atoms with Crippen molar-refractivity contribution in [3.63, 3.8) is 0 Å². The molecule has 0 aliphatic carbocycles. The number of amides is 2. The Hall–Kier alpha value is -3.42. The van der Waals surface area contributed by atoms with Crippen LogP contribution >= 0.6 is 0 Å². The van der Waals surface area contributed by atoms with Gasteiger partial charge in [-0.1, -0.05) is 6.07 Å². The molecule has 2 aromatic carbocycles. The molecule has 0 radical (unpaired) electrons. The Labute approximate surface area is 148 Å². The highest BCUT2D eigenvalue weighted by molar-refractivity contribution is 6.05. The van der Waals surface area contributed by atoms with E-state index in [0.29, 0.717) is 17.6 Å². The normalized spacial score (nSPS) is 12.6. The summed E-state index contributed by atoms with van der Waals surface area (Å²) in [7, 11) is 2.86. The third-order valence-electron chi connectivity index (χ3n) is 4.04. The highest BCUT2D eigenvalue weighted by Crippen LogP contribution is 2.37. The molecular weight excluding hydrogens is 343 g/mol. The number of nitrogens with zero attached hydrogens (tertiary/aromatic N) is 1. The van der Waals surface area contributed by atoms with Crippen LogP contribution in [-0.4, -0.2) is 37.3 Å². The van der Waals surface area contributed by atoms with E-state index in [2.05, 4.69) is 5.43 Å². The summed E-state index contributed by atoms with van der Waals surface area (Å²) >= 11 is 0. The van der Waals surface area contributed by atoms with Gasteiger partial charge in [-0.15, -0.1) is 0 Å². The second-order valence-corrected chi connectivity index (χ2v) is 5.52. The quantitative estimate of drug-likeness (QED) is 0.826. The zero-order valence-corrected chi connectivity index (χ0v) is 14.0. The van der Waals surface area contributed by atoms with Crippen molar-refractivity contribution in [3.8, 4) is 11.5 Å². The number of halogens is 1. The van der Waals surface area contributed by atoms with Crippen LogP contribution in [0.5, 0.6) is 11.5 Å². The molecule has 2 amide bonds. The lowest BCUT2D eigenvalue weighted by atomic mass is 10.1. The number of fused-ring (bicyclic) bond motifs is 1. The summed E-state index contributed by atoms with van der Waals surface area (Å²) in [6, 6.07) is 6.57. The van der Waals surface area contributed by atoms with Crippen LogP contribution in [0.15, 0.2) is 30.3 Å². The van der Waals surface area contributed by atoms with Crippen molar-refractivity contribution in [1.82, 2.24) is 10.4 Å². The van der Waals surface area contributed by atoms with E-state index in [1.807, 2.05) is 0 Å². The van der Waals surface area contributed by atoms with E-state index in [0.717, 1.165) is 17.1 Å². The van der Waals surface area contributed by atoms with Crippen molar-refractivity contribution < 1.29 is 28.2 Å². The number of methoxy groups -OCH3 is 2. The molecule has 0 bridgehead atoms. The van der Waals surface area contributed by atoms with Crippen molar-refractivity contribution in [2.24, 2.45) is 0 Å². The molecule has 0 atom stereocenters. The smallest absolute Gasteiger partial charge is 0.276 e. The van der Waals surface area contributed by atoms with Crippen molar-refractivity contribution in [2.75, 3.05) is 14.2 Å². The highest BCUT2D eigenvalue weighted by Gasteiger charge is 2.34. The van der Waals surface area contributed by atoms with Gasteiger partial charge >= 0.3 is 0 Å². The van der Waals surface area contributed by atoms with Gasteiger partial charge in [0.15, 0.2) is 17.8 Å². The number of ether oxygens (including phenoxy) is 2. The summed E-state index contributed by atoms with van der Waals surface area (Å²) in [6.07, 6.45) is 0.447. The van der Waals surface area contributed by atoms with Crippen LogP contribution in [0, 0.1) is 5.82 Å². The number of hydrazine groups is 1. The fourth-order valence-electron chi connectivity index (χ4n) is 2.81. The van der Waals surface area contributed by atoms with Crippen molar-refractivity contribution in [2.45, 2.75) is 6.54 Å². The number of hydrogen-bond acceptors (Lipinski definition) is 5. The van der Waals surface area contributed by atoms with Crippen LogP contribution < -0.4 is 14.9 Å². The molecule has 3 rings (SSSR count). The van der Waals surface area contributed by atoms with Gasteiger partial charge in [0.1, 0.15) is 5.82 Å². The molecule has 0 unspecified atom stereocenters. The Morgan fingerprint density at radius 3 is 2.65 bits per heavy atom. The van der Waals surface area contributed by atoms with Gasteiger partial charge in [0.2, 0.25) is 0 Å². The lowest BCUT2D eigenvalue weighted by molar-refractivity contribution is 0.0600. The van der Waals surface area contributed by atoms with E-state index < -0.39 is 17.6 Å². The summed E-state index contributed by atoms with van der Waals surface area (Å²) in [6.45, 7) is 0.103. The number of carbonyl (C=O) groups excluding carboxylic acids is 3. The van der Waals surface area contributed by atoms with Crippen LogP contribution in [0.25, 0.3) is 0 Å². The zero-order chi connectivity index (χ0) is 18.8. The highest BCUT2D eigenvalue weighted by atomic mass is 19.1. The summed E-state index contributed by atoms with van der Waals surface area (Å²) in [4.78, 5) is 36.1. The standard InChI is InChI=1S/C18H15FN2O5/c1-25-14-6-4-10-8-21(18(24)15(10)16(14)26-2)20-17(23)13-7-12(19)5-3-11(13)9-22/h3-7,9H,8H2,1-2H3,(H,20,23). The van der Waals surface area contributed by atoms with E-state index >= 15 is 0 Å². The van der Waals surface area contributed by atoms with Gasteiger partial charge in [0.05, 0.1) is 31.9 Å². The molecule has 1 aliphatic rings. The van der Waals surface area contributed by atoms with Crippen LogP contribution in [0.3, 0.4) is 0 Å². The average molecular weight is 358 g/mol. The minimum absolute atomic E-state index is 0.0207. The van der Waals surface area contributed by atoms with Gasteiger partial charge in [0, 0.05) is 5.56 Å². The Morgan fingerprint density at radius 1 is 1.23 bits per heavy atom. The van der Waals surface area contributed by atoms with Crippen LogP contribution in [0.1, 0.15) is 36.6 Å². The molecule has 1 aliphatic heterocycles. The molecule has 0 saturated heterocycles. The fourth-order valence-corrected chi connectivity index (χ4v) is 2.81. The summed E-state index contributed by atoms with van der Waals surface area (Å²) in [5, 5.41) is 1.08. The van der Waals surface area contributed by atoms with Gasteiger partial charge < -0.3 is 9.47 Å².